The number of benzene rings is 1. The van der Waals surface area contributed by atoms with Crippen molar-refractivity contribution in [2.45, 2.75) is 37.9 Å². The van der Waals surface area contributed by atoms with Gasteiger partial charge in [-0.3, -0.25) is 0 Å². The maximum absolute atomic E-state index is 9.54. The van der Waals surface area contributed by atoms with Gasteiger partial charge in [0.05, 0.1) is 13.2 Å². The maximum Gasteiger partial charge on any atom is 0.119 e. The van der Waals surface area contributed by atoms with Crippen LogP contribution in [0.3, 0.4) is 0 Å². The van der Waals surface area contributed by atoms with Crippen LogP contribution in [0.1, 0.15) is 25.7 Å². The highest BCUT2D eigenvalue weighted by Gasteiger charge is 2.21. The Hall–Kier alpha value is -1.22. The van der Waals surface area contributed by atoms with E-state index >= 15 is 0 Å². The molecule has 2 rings (SSSR count). The molecule has 0 amide bonds. The third kappa shape index (κ3) is 2.89. The van der Waals surface area contributed by atoms with Crippen molar-refractivity contribution in [2.24, 2.45) is 0 Å². The van der Waals surface area contributed by atoms with Crippen molar-refractivity contribution in [1.82, 2.24) is 0 Å². The van der Waals surface area contributed by atoms with Crippen LogP contribution in [0.15, 0.2) is 24.3 Å². The van der Waals surface area contributed by atoms with Gasteiger partial charge in [0.25, 0.3) is 0 Å². The molecular weight excluding hydrogens is 204 g/mol. The summed E-state index contributed by atoms with van der Waals surface area (Å²) in [6.45, 7) is 0. The lowest BCUT2D eigenvalue weighted by molar-refractivity contribution is 0.0536. The summed E-state index contributed by atoms with van der Waals surface area (Å²) in [4.78, 5) is 0. The maximum atomic E-state index is 9.54. The molecule has 0 bridgehead atoms. The van der Waals surface area contributed by atoms with Crippen LogP contribution in [0.25, 0.3) is 0 Å². The van der Waals surface area contributed by atoms with Crippen LogP contribution in [0.5, 0.6) is 11.5 Å². The first-order valence-electron chi connectivity index (χ1n) is 5.76. The Kier molecular flexibility index (Phi) is 3.67. The zero-order valence-corrected chi connectivity index (χ0v) is 9.56. The molecule has 3 heteroatoms. The Morgan fingerprint density at radius 1 is 1.12 bits per heavy atom. The van der Waals surface area contributed by atoms with Gasteiger partial charge in [-0.2, -0.15) is 0 Å². The molecule has 16 heavy (non-hydrogen) atoms. The van der Waals surface area contributed by atoms with E-state index in [0.717, 1.165) is 37.2 Å². The summed E-state index contributed by atoms with van der Waals surface area (Å²) in [6, 6.07) is 7.57. The fourth-order valence-corrected chi connectivity index (χ4v) is 2.07. The normalized spacial score (nSPS) is 25.1. The summed E-state index contributed by atoms with van der Waals surface area (Å²) in [5.41, 5.74) is 0. The zero-order chi connectivity index (χ0) is 11.4. The lowest BCUT2D eigenvalue weighted by Crippen LogP contribution is -2.28. The summed E-state index contributed by atoms with van der Waals surface area (Å²) in [7, 11) is 1.65. The molecule has 1 fully saturated rings. The molecular formula is C13H18O3. The predicted molar refractivity (Wildman–Crippen MR) is 61.9 cm³/mol. The number of aliphatic hydroxyl groups is 1. The zero-order valence-electron chi connectivity index (χ0n) is 9.56. The van der Waals surface area contributed by atoms with Gasteiger partial charge in [-0.1, -0.05) is 0 Å². The summed E-state index contributed by atoms with van der Waals surface area (Å²) in [5.74, 6) is 1.68. The van der Waals surface area contributed by atoms with Crippen LogP contribution in [0.4, 0.5) is 0 Å². The standard InChI is InChI=1S/C13H18O3/c1-15-11-5-7-12(8-6-11)16-13-4-2-3-10(14)9-13/h5-8,10,13-14H,2-4,9H2,1H3. The third-order valence-corrected chi connectivity index (χ3v) is 2.96. The van der Waals surface area contributed by atoms with Crippen molar-refractivity contribution >= 4 is 0 Å². The van der Waals surface area contributed by atoms with Crippen LogP contribution in [-0.2, 0) is 0 Å². The molecule has 88 valence electrons. The number of ether oxygens (including phenoxy) is 2. The number of methoxy groups -OCH3 is 1. The fourth-order valence-electron chi connectivity index (χ4n) is 2.07. The predicted octanol–water partition coefficient (Wildman–Crippen LogP) is 2.38. The van der Waals surface area contributed by atoms with Gasteiger partial charge in [0.15, 0.2) is 0 Å². The van der Waals surface area contributed by atoms with Gasteiger partial charge in [-0.05, 0) is 43.5 Å². The molecule has 1 aromatic rings. The minimum Gasteiger partial charge on any atom is -0.497 e. The first-order chi connectivity index (χ1) is 7.78. The first-order valence-corrected chi connectivity index (χ1v) is 5.76. The quantitative estimate of drug-likeness (QED) is 0.853. The second-order valence-corrected chi connectivity index (χ2v) is 4.24. The first kappa shape index (κ1) is 11.3. The minimum atomic E-state index is -0.197. The van der Waals surface area contributed by atoms with Gasteiger partial charge in [0, 0.05) is 6.42 Å². The molecule has 1 aliphatic carbocycles. The molecule has 0 spiro atoms. The summed E-state index contributed by atoms with van der Waals surface area (Å²) >= 11 is 0. The number of aliphatic hydroxyl groups excluding tert-OH is 1. The van der Waals surface area contributed by atoms with Crippen molar-refractivity contribution in [3.8, 4) is 11.5 Å². The van der Waals surface area contributed by atoms with E-state index in [1.807, 2.05) is 24.3 Å². The number of hydrogen-bond acceptors (Lipinski definition) is 3. The van der Waals surface area contributed by atoms with Crippen LogP contribution in [-0.4, -0.2) is 24.4 Å². The van der Waals surface area contributed by atoms with E-state index in [1.165, 1.54) is 0 Å². The lowest BCUT2D eigenvalue weighted by atomic mass is 9.95. The van der Waals surface area contributed by atoms with E-state index in [9.17, 15) is 5.11 Å². The van der Waals surface area contributed by atoms with Gasteiger partial charge in [-0.25, -0.2) is 0 Å². The van der Waals surface area contributed by atoms with Crippen LogP contribution in [0, 0.1) is 0 Å². The monoisotopic (exact) mass is 222 g/mol. The molecule has 0 aromatic heterocycles. The molecule has 0 saturated heterocycles. The summed E-state index contributed by atoms with van der Waals surface area (Å²) < 4.78 is 10.9. The third-order valence-electron chi connectivity index (χ3n) is 2.96. The van der Waals surface area contributed by atoms with E-state index in [0.29, 0.717) is 0 Å². The largest absolute Gasteiger partial charge is 0.497 e. The molecule has 2 atom stereocenters. The lowest BCUT2D eigenvalue weighted by Gasteiger charge is -2.26. The van der Waals surface area contributed by atoms with Gasteiger partial charge >= 0.3 is 0 Å². The van der Waals surface area contributed by atoms with Crippen molar-refractivity contribution in [3.63, 3.8) is 0 Å². The Morgan fingerprint density at radius 3 is 2.44 bits per heavy atom. The highest BCUT2D eigenvalue weighted by Crippen LogP contribution is 2.25. The number of rotatable bonds is 3. The fraction of sp³-hybridized carbons (Fsp3) is 0.538. The topological polar surface area (TPSA) is 38.7 Å². The Balaban J connectivity index is 1.92. The molecule has 2 unspecified atom stereocenters. The second-order valence-electron chi connectivity index (χ2n) is 4.24. The van der Waals surface area contributed by atoms with E-state index < -0.39 is 0 Å². The molecule has 1 aromatic carbocycles. The van der Waals surface area contributed by atoms with Crippen molar-refractivity contribution in [1.29, 1.82) is 0 Å². The second kappa shape index (κ2) is 5.21. The van der Waals surface area contributed by atoms with Crippen molar-refractivity contribution < 1.29 is 14.6 Å². The van der Waals surface area contributed by atoms with Crippen LogP contribution in [0.2, 0.25) is 0 Å². The number of hydrogen-bond donors (Lipinski definition) is 1. The Morgan fingerprint density at radius 2 is 1.81 bits per heavy atom. The van der Waals surface area contributed by atoms with Crippen LogP contribution < -0.4 is 9.47 Å². The van der Waals surface area contributed by atoms with E-state index in [4.69, 9.17) is 9.47 Å². The molecule has 1 N–H and O–H groups in total. The molecule has 0 heterocycles. The van der Waals surface area contributed by atoms with E-state index in [2.05, 4.69) is 0 Å². The van der Waals surface area contributed by atoms with Gasteiger partial charge in [0.1, 0.15) is 17.6 Å². The summed E-state index contributed by atoms with van der Waals surface area (Å²) in [6.07, 6.45) is 3.67. The van der Waals surface area contributed by atoms with Crippen LogP contribution >= 0.6 is 0 Å². The van der Waals surface area contributed by atoms with Gasteiger partial charge in [0.2, 0.25) is 0 Å². The molecule has 3 nitrogen and oxygen atoms in total. The molecule has 0 radical (unpaired) electrons. The average molecular weight is 222 g/mol. The minimum absolute atomic E-state index is 0.150. The highest BCUT2D eigenvalue weighted by molar-refractivity contribution is 5.31. The highest BCUT2D eigenvalue weighted by atomic mass is 16.5. The SMILES string of the molecule is COc1ccc(OC2CCCC(O)C2)cc1. The van der Waals surface area contributed by atoms with E-state index in [-0.39, 0.29) is 12.2 Å². The molecule has 0 aliphatic heterocycles. The Bertz CT molecular complexity index is 320. The van der Waals surface area contributed by atoms with E-state index in [1.54, 1.807) is 7.11 Å². The summed E-state index contributed by atoms with van der Waals surface area (Å²) in [5, 5.41) is 9.54. The Labute approximate surface area is 96.0 Å². The smallest absolute Gasteiger partial charge is 0.119 e. The molecule has 1 saturated carbocycles. The van der Waals surface area contributed by atoms with Crippen molar-refractivity contribution in [3.05, 3.63) is 24.3 Å². The molecule has 1 aliphatic rings. The average Bonchev–Trinajstić information content (AvgIpc) is 2.30. The van der Waals surface area contributed by atoms with Crippen molar-refractivity contribution in [2.75, 3.05) is 7.11 Å². The van der Waals surface area contributed by atoms with Gasteiger partial charge in [-0.15, -0.1) is 0 Å². The van der Waals surface area contributed by atoms with Gasteiger partial charge < -0.3 is 14.6 Å².